The molecule has 0 unspecified atom stereocenters. The van der Waals surface area contributed by atoms with Gasteiger partial charge in [0.2, 0.25) is 0 Å². The fourth-order valence-corrected chi connectivity index (χ4v) is 0.712. The molecule has 0 aliphatic rings. The van der Waals surface area contributed by atoms with E-state index in [4.69, 9.17) is 6.42 Å². The van der Waals surface area contributed by atoms with Crippen molar-refractivity contribution in [3.63, 3.8) is 0 Å². The Labute approximate surface area is 58.2 Å². The third-order valence-electron chi connectivity index (χ3n) is 0.575. The summed E-state index contributed by atoms with van der Waals surface area (Å²) in [6, 6.07) is 0. The van der Waals surface area contributed by atoms with Crippen LogP contribution < -0.4 is 0 Å². The molecule has 0 aromatic carbocycles. The van der Waals surface area contributed by atoms with Crippen LogP contribution in [-0.2, 0) is 0 Å². The molecule has 0 bridgehead atoms. The van der Waals surface area contributed by atoms with Crippen LogP contribution in [0.15, 0.2) is 11.7 Å². The van der Waals surface area contributed by atoms with Crippen molar-refractivity contribution in [2.75, 3.05) is 0 Å². The quantitative estimate of drug-likeness (QED) is 0.505. The number of rotatable bonds is 0. The largest absolute Gasteiger partial charge is 0.252 e. The van der Waals surface area contributed by atoms with Crippen LogP contribution in [-0.4, -0.2) is 4.98 Å². The minimum atomic E-state index is 0. The first-order valence-electron chi connectivity index (χ1n) is 1.78. The van der Waals surface area contributed by atoms with E-state index in [0.717, 1.165) is 4.88 Å². The van der Waals surface area contributed by atoms with Gasteiger partial charge in [-0.25, -0.2) is 0 Å². The van der Waals surface area contributed by atoms with Crippen LogP contribution in [0.2, 0.25) is 0 Å². The SMILES string of the molecule is C#Cc1cncs1.Cl. The molecular formula is C5H4ClNS. The lowest BCUT2D eigenvalue weighted by Crippen LogP contribution is -1.53. The van der Waals surface area contributed by atoms with Gasteiger partial charge in [0.1, 0.15) is 0 Å². The summed E-state index contributed by atoms with van der Waals surface area (Å²) in [4.78, 5) is 4.66. The third-order valence-corrected chi connectivity index (χ3v) is 1.28. The molecule has 0 radical (unpaired) electrons. The summed E-state index contributed by atoms with van der Waals surface area (Å²) in [5.74, 6) is 2.46. The third kappa shape index (κ3) is 1.53. The summed E-state index contributed by atoms with van der Waals surface area (Å²) in [7, 11) is 0. The maximum Gasteiger partial charge on any atom is 0.0964 e. The van der Waals surface area contributed by atoms with Gasteiger partial charge in [-0.3, -0.25) is 4.98 Å². The Bertz CT molecular complexity index is 175. The average Bonchev–Trinajstić information content (AvgIpc) is 2.14. The normalized spacial score (nSPS) is 6.88. The van der Waals surface area contributed by atoms with Crippen molar-refractivity contribution in [3.8, 4) is 12.3 Å². The van der Waals surface area contributed by atoms with E-state index in [2.05, 4.69) is 10.9 Å². The second kappa shape index (κ2) is 3.48. The van der Waals surface area contributed by atoms with Crippen molar-refractivity contribution in [2.24, 2.45) is 0 Å². The van der Waals surface area contributed by atoms with Gasteiger partial charge in [-0.15, -0.1) is 30.2 Å². The second-order valence-corrected chi connectivity index (χ2v) is 1.90. The van der Waals surface area contributed by atoms with Gasteiger partial charge in [0.25, 0.3) is 0 Å². The highest BCUT2D eigenvalue weighted by molar-refractivity contribution is 7.10. The van der Waals surface area contributed by atoms with Gasteiger partial charge >= 0.3 is 0 Å². The highest BCUT2D eigenvalue weighted by Gasteiger charge is 1.80. The topological polar surface area (TPSA) is 12.9 Å². The Hall–Kier alpha value is -0.520. The molecule has 1 rings (SSSR count). The zero-order valence-corrected chi connectivity index (χ0v) is 5.63. The zero-order chi connectivity index (χ0) is 5.11. The Morgan fingerprint density at radius 3 is 2.75 bits per heavy atom. The maximum absolute atomic E-state index is 5.01. The summed E-state index contributed by atoms with van der Waals surface area (Å²) < 4.78 is 0. The van der Waals surface area contributed by atoms with E-state index in [0.29, 0.717) is 0 Å². The molecule has 0 aliphatic carbocycles. The summed E-state index contributed by atoms with van der Waals surface area (Å²) in [6.07, 6.45) is 6.69. The number of nitrogens with zero attached hydrogens (tertiary/aromatic N) is 1. The molecule has 0 aliphatic heterocycles. The molecule has 1 nitrogen and oxygen atoms in total. The van der Waals surface area contributed by atoms with E-state index in [1.807, 2.05) is 0 Å². The summed E-state index contributed by atoms with van der Waals surface area (Å²) in [6.45, 7) is 0. The molecule has 0 N–H and O–H groups in total. The first-order chi connectivity index (χ1) is 3.43. The van der Waals surface area contributed by atoms with Gasteiger partial charge in [0.15, 0.2) is 0 Å². The highest BCUT2D eigenvalue weighted by Crippen LogP contribution is 2.00. The Morgan fingerprint density at radius 1 is 1.75 bits per heavy atom. The standard InChI is InChI=1S/C5H3NS.ClH/c1-2-5-3-6-4-7-5;/h1,3-4H;1H. The Kier molecular flexibility index (Phi) is 3.25. The van der Waals surface area contributed by atoms with Crippen LogP contribution in [0.4, 0.5) is 0 Å². The van der Waals surface area contributed by atoms with Crippen molar-refractivity contribution in [1.29, 1.82) is 0 Å². The predicted octanol–water partition coefficient (Wildman–Crippen LogP) is 1.55. The fourth-order valence-electron chi connectivity index (χ4n) is 0.287. The molecule has 1 aromatic rings. The van der Waals surface area contributed by atoms with Gasteiger partial charge in [-0.2, -0.15) is 0 Å². The molecule has 1 heterocycles. The summed E-state index contributed by atoms with van der Waals surface area (Å²) in [5, 5.41) is 0. The minimum absolute atomic E-state index is 0. The molecule has 0 saturated heterocycles. The van der Waals surface area contributed by atoms with E-state index in [-0.39, 0.29) is 12.4 Å². The molecule has 0 spiro atoms. The second-order valence-electron chi connectivity index (χ2n) is 1.01. The Morgan fingerprint density at radius 2 is 2.50 bits per heavy atom. The summed E-state index contributed by atoms with van der Waals surface area (Å²) >= 11 is 1.48. The smallest absolute Gasteiger partial charge is 0.0964 e. The van der Waals surface area contributed by atoms with Gasteiger partial charge in [-0.05, 0) is 0 Å². The first kappa shape index (κ1) is 7.48. The summed E-state index contributed by atoms with van der Waals surface area (Å²) in [5.41, 5.74) is 1.72. The van der Waals surface area contributed by atoms with Crippen LogP contribution in [0.25, 0.3) is 0 Å². The Balaban J connectivity index is 0.000000490. The number of terminal acetylenes is 1. The first-order valence-corrected chi connectivity index (χ1v) is 2.66. The van der Waals surface area contributed by atoms with E-state index in [9.17, 15) is 0 Å². The van der Waals surface area contributed by atoms with E-state index >= 15 is 0 Å². The molecule has 42 valence electrons. The number of halogens is 1. The van der Waals surface area contributed by atoms with Crippen molar-refractivity contribution in [2.45, 2.75) is 0 Å². The van der Waals surface area contributed by atoms with Gasteiger partial charge < -0.3 is 0 Å². The lowest BCUT2D eigenvalue weighted by atomic mass is 10.6. The molecule has 0 fully saturated rings. The molecule has 0 amide bonds. The monoisotopic (exact) mass is 145 g/mol. The van der Waals surface area contributed by atoms with Crippen molar-refractivity contribution in [3.05, 3.63) is 16.6 Å². The van der Waals surface area contributed by atoms with Crippen molar-refractivity contribution in [1.82, 2.24) is 4.98 Å². The van der Waals surface area contributed by atoms with Crippen LogP contribution in [0, 0.1) is 12.3 Å². The van der Waals surface area contributed by atoms with Gasteiger partial charge in [-0.1, -0.05) is 5.92 Å². The number of hydrogen-bond donors (Lipinski definition) is 0. The van der Waals surface area contributed by atoms with Crippen LogP contribution in [0.5, 0.6) is 0 Å². The fraction of sp³-hybridized carbons (Fsp3) is 0. The zero-order valence-electron chi connectivity index (χ0n) is 4.00. The highest BCUT2D eigenvalue weighted by atomic mass is 35.5. The predicted molar refractivity (Wildman–Crippen MR) is 37.3 cm³/mol. The number of thiazole rings is 1. The number of aromatic nitrogens is 1. The van der Waals surface area contributed by atoms with Crippen molar-refractivity contribution < 1.29 is 0 Å². The number of hydrogen-bond acceptors (Lipinski definition) is 2. The average molecular weight is 146 g/mol. The van der Waals surface area contributed by atoms with E-state index < -0.39 is 0 Å². The van der Waals surface area contributed by atoms with Crippen LogP contribution in [0.3, 0.4) is 0 Å². The van der Waals surface area contributed by atoms with E-state index in [1.165, 1.54) is 11.3 Å². The molecule has 3 heteroatoms. The van der Waals surface area contributed by atoms with Crippen molar-refractivity contribution >= 4 is 23.7 Å². The lowest BCUT2D eigenvalue weighted by molar-refractivity contribution is 1.42. The minimum Gasteiger partial charge on any atom is -0.252 e. The molecule has 0 atom stereocenters. The molecular weight excluding hydrogens is 142 g/mol. The molecule has 8 heavy (non-hydrogen) atoms. The van der Waals surface area contributed by atoms with Crippen LogP contribution in [0.1, 0.15) is 4.88 Å². The van der Waals surface area contributed by atoms with E-state index in [1.54, 1.807) is 11.7 Å². The van der Waals surface area contributed by atoms with Gasteiger partial charge in [0.05, 0.1) is 16.6 Å². The molecule has 0 saturated carbocycles. The molecule has 1 aromatic heterocycles. The maximum atomic E-state index is 5.01. The van der Waals surface area contributed by atoms with Crippen LogP contribution >= 0.6 is 23.7 Å². The van der Waals surface area contributed by atoms with Gasteiger partial charge in [0, 0.05) is 0 Å². The lowest BCUT2D eigenvalue weighted by Gasteiger charge is -1.64.